The predicted octanol–water partition coefficient (Wildman–Crippen LogP) is 3.56. The molecule has 0 saturated heterocycles. The summed E-state index contributed by atoms with van der Waals surface area (Å²) in [4.78, 5) is 13.1. The Balaban J connectivity index is 1.76. The Morgan fingerprint density at radius 3 is 2.28 bits per heavy atom. The highest BCUT2D eigenvalue weighted by molar-refractivity contribution is 6.02. The van der Waals surface area contributed by atoms with E-state index in [4.69, 9.17) is 23.4 Å². The molecule has 25 heavy (non-hydrogen) atoms. The lowest BCUT2D eigenvalue weighted by Crippen LogP contribution is -2.03. The number of ether oxygens (including phenoxy) is 4. The maximum atomic E-state index is 13.1. The lowest BCUT2D eigenvalue weighted by atomic mass is 10.0. The number of rotatable bonds is 0. The zero-order valence-corrected chi connectivity index (χ0v) is 12.8. The first-order valence-corrected chi connectivity index (χ1v) is 7.80. The zero-order chi connectivity index (χ0) is 16.5. The second-order valence-corrected chi connectivity index (χ2v) is 6.00. The van der Waals surface area contributed by atoms with Gasteiger partial charge < -0.3 is 23.4 Å². The SMILES string of the molecule is O=c1c2cc3cc4c(cc3cc2oc2ccc3c(c12)OCO3)OCO4. The van der Waals surface area contributed by atoms with Gasteiger partial charge in [0.2, 0.25) is 19.0 Å². The van der Waals surface area contributed by atoms with Crippen molar-refractivity contribution >= 4 is 32.7 Å². The Kier molecular flexibility index (Phi) is 2.26. The number of hydrogen-bond donors (Lipinski definition) is 0. The van der Waals surface area contributed by atoms with Gasteiger partial charge in [0.1, 0.15) is 16.6 Å². The van der Waals surface area contributed by atoms with Gasteiger partial charge in [-0.1, -0.05) is 0 Å². The van der Waals surface area contributed by atoms with Crippen LogP contribution in [0.25, 0.3) is 32.7 Å². The molecule has 0 N–H and O–H groups in total. The third kappa shape index (κ3) is 1.65. The van der Waals surface area contributed by atoms with Crippen LogP contribution in [-0.4, -0.2) is 13.6 Å². The minimum absolute atomic E-state index is 0.104. The first kappa shape index (κ1) is 12.9. The maximum absolute atomic E-state index is 13.1. The standard InChI is InChI=1S/C19H10O6/c20-18-11-3-9-5-15-16(23-7-22-15)6-10(9)4-14(11)25-12-1-2-13-19(17(12)18)24-8-21-13/h1-6H,7-8H2. The van der Waals surface area contributed by atoms with E-state index in [0.717, 1.165) is 10.8 Å². The molecule has 0 unspecified atom stereocenters. The van der Waals surface area contributed by atoms with Gasteiger partial charge in [-0.05, 0) is 47.2 Å². The van der Waals surface area contributed by atoms with Crippen LogP contribution >= 0.6 is 0 Å². The van der Waals surface area contributed by atoms with Crippen molar-refractivity contribution in [3.63, 3.8) is 0 Å². The summed E-state index contributed by atoms with van der Waals surface area (Å²) in [7, 11) is 0. The van der Waals surface area contributed by atoms with Crippen LogP contribution in [0.1, 0.15) is 0 Å². The fourth-order valence-corrected chi connectivity index (χ4v) is 3.44. The normalized spacial score (nSPS) is 14.7. The summed E-state index contributed by atoms with van der Waals surface area (Å²) in [5, 5.41) is 2.69. The molecule has 6 nitrogen and oxygen atoms in total. The molecule has 2 aliphatic rings. The molecule has 0 amide bonds. The van der Waals surface area contributed by atoms with Gasteiger partial charge >= 0.3 is 0 Å². The molecule has 0 saturated carbocycles. The Hall–Kier alpha value is -3.41. The Labute approximate surface area is 140 Å². The van der Waals surface area contributed by atoms with Crippen molar-refractivity contribution in [2.75, 3.05) is 13.6 Å². The molecule has 4 aromatic rings. The first-order valence-electron chi connectivity index (χ1n) is 7.80. The van der Waals surface area contributed by atoms with Crippen molar-refractivity contribution in [2.45, 2.75) is 0 Å². The molecule has 2 aliphatic heterocycles. The van der Waals surface area contributed by atoms with Crippen LogP contribution in [-0.2, 0) is 0 Å². The van der Waals surface area contributed by atoms with Crippen molar-refractivity contribution < 1.29 is 23.4 Å². The van der Waals surface area contributed by atoms with Crippen molar-refractivity contribution in [3.8, 4) is 23.0 Å². The van der Waals surface area contributed by atoms with Crippen LogP contribution in [0.2, 0.25) is 0 Å². The van der Waals surface area contributed by atoms with Gasteiger partial charge in [0.05, 0.1) is 5.39 Å². The average molecular weight is 334 g/mol. The van der Waals surface area contributed by atoms with Crippen LogP contribution in [0.4, 0.5) is 0 Å². The van der Waals surface area contributed by atoms with E-state index in [2.05, 4.69) is 0 Å². The molecule has 3 aromatic carbocycles. The fourth-order valence-electron chi connectivity index (χ4n) is 3.44. The Bertz CT molecular complexity index is 1270. The summed E-state index contributed by atoms with van der Waals surface area (Å²) in [5.41, 5.74) is 0.850. The monoisotopic (exact) mass is 334 g/mol. The van der Waals surface area contributed by atoms with Crippen molar-refractivity contribution in [3.05, 3.63) is 46.6 Å². The van der Waals surface area contributed by atoms with Crippen molar-refractivity contribution in [2.24, 2.45) is 0 Å². The van der Waals surface area contributed by atoms with E-state index in [1.54, 1.807) is 12.1 Å². The van der Waals surface area contributed by atoms with Crippen LogP contribution in [0.5, 0.6) is 23.0 Å². The first-order chi connectivity index (χ1) is 12.3. The van der Waals surface area contributed by atoms with Crippen LogP contribution in [0.15, 0.2) is 45.6 Å². The van der Waals surface area contributed by atoms with E-state index in [9.17, 15) is 4.79 Å². The van der Waals surface area contributed by atoms with Gasteiger partial charge in [-0.3, -0.25) is 4.79 Å². The van der Waals surface area contributed by atoms with Crippen LogP contribution in [0.3, 0.4) is 0 Å². The molecule has 0 bridgehead atoms. The maximum Gasteiger partial charge on any atom is 0.231 e. The molecule has 0 radical (unpaired) electrons. The van der Waals surface area contributed by atoms with E-state index < -0.39 is 0 Å². The predicted molar refractivity (Wildman–Crippen MR) is 89.7 cm³/mol. The minimum Gasteiger partial charge on any atom is -0.456 e. The zero-order valence-electron chi connectivity index (χ0n) is 12.8. The highest BCUT2D eigenvalue weighted by Crippen LogP contribution is 2.40. The summed E-state index contributed by atoms with van der Waals surface area (Å²) in [6, 6.07) is 10.9. The average Bonchev–Trinajstić information content (AvgIpc) is 3.26. The second kappa shape index (κ2) is 4.36. The van der Waals surface area contributed by atoms with Gasteiger partial charge in [0.25, 0.3) is 0 Å². The molecule has 3 heterocycles. The Morgan fingerprint density at radius 1 is 0.720 bits per heavy atom. The van der Waals surface area contributed by atoms with E-state index in [-0.39, 0.29) is 19.0 Å². The molecule has 0 fully saturated rings. The van der Waals surface area contributed by atoms with Gasteiger partial charge in [-0.25, -0.2) is 0 Å². The van der Waals surface area contributed by atoms with Gasteiger partial charge in [-0.15, -0.1) is 0 Å². The van der Waals surface area contributed by atoms with Crippen LogP contribution < -0.4 is 24.4 Å². The molecule has 6 heteroatoms. The van der Waals surface area contributed by atoms with E-state index in [0.29, 0.717) is 44.9 Å². The fraction of sp³-hybridized carbons (Fsp3) is 0.105. The third-order valence-corrected chi connectivity index (χ3v) is 4.62. The minimum atomic E-state index is -0.141. The summed E-state index contributed by atoms with van der Waals surface area (Å²) in [5.74, 6) is 2.37. The Morgan fingerprint density at radius 2 is 1.44 bits per heavy atom. The van der Waals surface area contributed by atoms with Crippen LogP contribution in [0, 0.1) is 0 Å². The number of fused-ring (bicyclic) bond motifs is 6. The lowest BCUT2D eigenvalue weighted by Gasteiger charge is -2.06. The molecular weight excluding hydrogens is 324 g/mol. The second-order valence-electron chi connectivity index (χ2n) is 6.00. The summed E-state index contributed by atoms with van der Waals surface area (Å²) in [6.07, 6.45) is 0. The number of benzene rings is 3. The van der Waals surface area contributed by atoms with Gasteiger partial charge in [0.15, 0.2) is 23.0 Å². The van der Waals surface area contributed by atoms with Gasteiger partial charge in [0, 0.05) is 0 Å². The lowest BCUT2D eigenvalue weighted by molar-refractivity contribution is 0.174. The highest BCUT2D eigenvalue weighted by atomic mass is 16.7. The van der Waals surface area contributed by atoms with Crippen molar-refractivity contribution in [1.29, 1.82) is 0 Å². The van der Waals surface area contributed by atoms with Crippen molar-refractivity contribution in [1.82, 2.24) is 0 Å². The highest BCUT2D eigenvalue weighted by Gasteiger charge is 2.22. The molecule has 0 atom stereocenters. The topological polar surface area (TPSA) is 67.1 Å². The molecule has 0 spiro atoms. The van der Waals surface area contributed by atoms with E-state index >= 15 is 0 Å². The molecule has 1 aromatic heterocycles. The van der Waals surface area contributed by atoms with E-state index in [1.165, 1.54) is 0 Å². The summed E-state index contributed by atoms with van der Waals surface area (Å²) < 4.78 is 27.6. The largest absolute Gasteiger partial charge is 0.456 e. The smallest absolute Gasteiger partial charge is 0.231 e. The molecule has 122 valence electrons. The summed E-state index contributed by atoms with van der Waals surface area (Å²) in [6.45, 7) is 0.308. The molecular formula is C19H10O6. The molecule has 0 aliphatic carbocycles. The quantitative estimate of drug-likeness (QED) is 0.458. The van der Waals surface area contributed by atoms with E-state index in [1.807, 2.05) is 24.3 Å². The molecule has 6 rings (SSSR count). The van der Waals surface area contributed by atoms with Gasteiger partial charge in [-0.2, -0.15) is 0 Å². The number of hydrogen-bond acceptors (Lipinski definition) is 6. The third-order valence-electron chi connectivity index (χ3n) is 4.62. The summed E-state index contributed by atoms with van der Waals surface area (Å²) >= 11 is 0.